The topological polar surface area (TPSA) is 41.1 Å². The monoisotopic (exact) mass is 248 g/mol. The van der Waals surface area contributed by atoms with Crippen LogP contribution in [0.15, 0.2) is 12.3 Å². The molecule has 0 amide bonds. The van der Waals surface area contributed by atoms with Crippen LogP contribution in [0.25, 0.3) is 0 Å². The molecule has 1 N–H and O–H groups in total. The van der Waals surface area contributed by atoms with Crippen LogP contribution in [0.1, 0.15) is 39.0 Å². The average Bonchev–Trinajstić information content (AvgIpc) is 2.65. The van der Waals surface area contributed by atoms with E-state index in [9.17, 15) is 0 Å². The van der Waals surface area contributed by atoms with E-state index in [1.807, 2.05) is 19.3 Å². The van der Waals surface area contributed by atoms with Crippen LogP contribution in [0.5, 0.6) is 0 Å². The van der Waals surface area contributed by atoms with Gasteiger partial charge in [-0.1, -0.05) is 19.8 Å². The molecule has 2 rings (SSSR count). The minimum Gasteiger partial charge on any atom is -0.357 e. The van der Waals surface area contributed by atoms with Crippen molar-refractivity contribution in [3.63, 3.8) is 0 Å². The van der Waals surface area contributed by atoms with Crippen molar-refractivity contribution in [1.82, 2.24) is 9.97 Å². The Morgan fingerprint density at radius 2 is 2.28 bits per heavy atom. The molecule has 0 radical (unpaired) electrons. The molecule has 1 aromatic heterocycles. The lowest BCUT2D eigenvalue weighted by Gasteiger charge is -2.21. The summed E-state index contributed by atoms with van der Waals surface area (Å²) < 4.78 is 0. The fourth-order valence-corrected chi connectivity index (χ4v) is 2.74. The van der Waals surface area contributed by atoms with E-state index in [-0.39, 0.29) is 0 Å². The van der Waals surface area contributed by atoms with Gasteiger partial charge in [-0.15, -0.1) is 0 Å². The van der Waals surface area contributed by atoms with Crippen LogP contribution in [0.4, 0.5) is 11.8 Å². The molecule has 1 fully saturated rings. The highest BCUT2D eigenvalue weighted by molar-refractivity contribution is 5.42. The Bertz CT molecular complexity index is 367. The lowest BCUT2D eigenvalue weighted by Crippen LogP contribution is -2.25. The second-order valence-electron chi connectivity index (χ2n) is 5.06. The first-order chi connectivity index (χ1) is 8.83. The third-order valence-electron chi connectivity index (χ3n) is 3.73. The molecule has 4 nitrogen and oxygen atoms in total. The van der Waals surface area contributed by atoms with Gasteiger partial charge in [-0.3, -0.25) is 0 Å². The Morgan fingerprint density at radius 1 is 1.39 bits per heavy atom. The molecule has 18 heavy (non-hydrogen) atoms. The Morgan fingerprint density at radius 3 is 3.06 bits per heavy atom. The Kier molecular flexibility index (Phi) is 4.79. The summed E-state index contributed by atoms with van der Waals surface area (Å²) in [5.74, 6) is 2.68. The van der Waals surface area contributed by atoms with Gasteiger partial charge in [0.15, 0.2) is 0 Å². The van der Waals surface area contributed by atoms with E-state index in [0.29, 0.717) is 5.95 Å². The summed E-state index contributed by atoms with van der Waals surface area (Å²) in [4.78, 5) is 11.1. The summed E-state index contributed by atoms with van der Waals surface area (Å²) in [6, 6.07) is 2.01. The number of rotatable bonds is 4. The molecule has 0 aliphatic carbocycles. The second-order valence-corrected chi connectivity index (χ2v) is 5.06. The van der Waals surface area contributed by atoms with E-state index in [1.54, 1.807) is 0 Å². The molecule has 1 aliphatic rings. The quantitative estimate of drug-likeness (QED) is 0.889. The van der Waals surface area contributed by atoms with Crippen molar-refractivity contribution >= 4 is 11.8 Å². The molecule has 0 aromatic carbocycles. The van der Waals surface area contributed by atoms with Crippen LogP contribution in [-0.2, 0) is 0 Å². The standard InChI is InChI=1S/C14H24N4/c1-3-5-12-6-4-10-18(11-8-12)13-7-9-16-14(15-2)17-13/h7,9,12H,3-6,8,10-11H2,1-2H3,(H,15,16,17). The molecular weight excluding hydrogens is 224 g/mol. The second kappa shape index (κ2) is 6.57. The van der Waals surface area contributed by atoms with Crippen molar-refractivity contribution in [1.29, 1.82) is 0 Å². The largest absolute Gasteiger partial charge is 0.357 e. The molecule has 1 saturated heterocycles. The van der Waals surface area contributed by atoms with E-state index in [4.69, 9.17) is 0 Å². The Hall–Kier alpha value is -1.32. The van der Waals surface area contributed by atoms with Gasteiger partial charge < -0.3 is 10.2 Å². The van der Waals surface area contributed by atoms with Crippen LogP contribution in [-0.4, -0.2) is 30.1 Å². The van der Waals surface area contributed by atoms with Gasteiger partial charge in [0.2, 0.25) is 5.95 Å². The maximum atomic E-state index is 4.53. The van der Waals surface area contributed by atoms with Gasteiger partial charge in [0.05, 0.1) is 0 Å². The van der Waals surface area contributed by atoms with Crippen LogP contribution in [0.2, 0.25) is 0 Å². The normalized spacial score (nSPS) is 20.6. The smallest absolute Gasteiger partial charge is 0.224 e. The minimum absolute atomic E-state index is 0.710. The van der Waals surface area contributed by atoms with Crippen LogP contribution >= 0.6 is 0 Å². The molecule has 1 aromatic rings. The highest BCUT2D eigenvalue weighted by Gasteiger charge is 2.17. The summed E-state index contributed by atoms with van der Waals surface area (Å²) in [6.07, 6.45) is 8.47. The van der Waals surface area contributed by atoms with Gasteiger partial charge in [0, 0.05) is 26.3 Å². The van der Waals surface area contributed by atoms with E-state index in [2.05, 4.69) is 27.1 Å². The molecular formula is C14H24N4. The molecule has 1 atom stereocenters. The number of hydrogen-bond acceptors (Lipinski definition) is 4. The van der Waals surface area contributed by atoms with Gasteiger partial charge in [0.25, 0.3) is 0 Å². The maximum absolute atomic E-state index is 4.53. The van der Waals surface area contributed by atoms with Gasteiger partial charge in [-0.25, -0.2) is 4.98 Å². The van der Waals surface area contributed by atoms with Gasteiger partial charge in [-0.05, 0) is 31.2 Å². The third-order valence-corrected chi connectivity index (χ3v) is 3.73. The predicted molar refractivity (Wildman–Crippen MR) is 76.0 cm³/mol. The number of hydrogen-bond donors (Lipinski definition) is 1. The zero-order valence-electron chi connectivity index (χ0n) is 11.5. The van der Waals surface area contributed by atoms with E-state index < -0.39 is 0 Å². The third kappa shape index (κ3) is 3.34. The van der Waals surface area contributed by atoms with Gasteiger partial charge >= 0.3 is 0 Å². The van der Waals surface area contributed by atoms with Gasteiger partial charge in [-0.2, -0.15) is 4.98 Å². The van der Waals surface area contributed by atoms with Crippen molar-refractivity contribution in [2.75, 3.05) is 30.4 Å². The fourth-order valence-electron chi connectivity index (χ4n) is 2.74. The van der Waals surface area contributed by atoms with Crippen molar-refractivity contribution in [2.24, 2.45) is 5.92 Å². The first kappa shape index (κ1) is 13.1. The molecule has 2 heterocycles. The molecule has 100 valence electrons. The van der Waals surface area contributed by atoms with Crippen molar-refractivity contribution in [3.05, 3.63) is 12.3 Å². The predicted octanol–water partition coefficient (Wildman–Crippen LogP) is 2.92. The molecule has 0 bridgehead atoms. The highest BCUT2D eigenvalue weighted by atomic mass is 15.2. The molecule has 0 saturated carbocycles. The van der Waals surface area contributed by atoms with E-state index >= 15 is 0 Å². The zero-order chi connectivity index (χ0) is 12.8. The number of nitrogens with one attached hydrogen (secondary N) is 1. The average molecular weight is 248 g/mol. The number of nitrogens with zero attached hydrogens (tertiary/aromatic N) is 3. The zero-order valence-corrected chi connectivity index (χ0v) is 11.5. The lowest BCUT2D eigenvalue weighted by molar-refractivity contribution is 0.435. The van der Waals surface area contributed by atoms with Crippen molar-refractivity contribution < 1.29 is 0 Å². The molecule has 4 heteroatoms. The molecule has 1 aliphatic heterocycles. The first-order valence-corrected chi connectivity index (χ1v) is 7.09. The molecule has 1 unspecified atom stereocenters. The highest BCUT2D eigenvalue weighted by Crippen LogP contribution is 2.24. The number of aromatic nitrogens is 2. The van der Waals surface area contributed by atoms with Gasteiger partial charge in [0.1, 0.15) is 5.82 Å². The van der Waals surface area contributed by atoms with Crippen molar-refractivity contribution in [2.45, 2.75) is 39.0 Å². The number of anilines is 2. The van der Waals surface area contributed by atoms with E-state index in [0.717, 1.165) is 24.8 Å². The molecule has 0 spiro atoms. The Balaban J connectivity index is 2.00. The maximum Gasteiger partial charge on any atom is 0.224 e. The van der Waals surface area contributed by atoms with Crippen molar-refractivity contribution in [3.8, 4) is 0 Å². The summed E-state index contributed by atoms with van der Waals surface area (Å²) in [5, 5.41) is 3.00. The van der Waals surface area contributed by atoms with Crippen LogP contribution in [0.3, 0.4) is 0 Å². The lowest BCUT2D eigenvalue weighted by atomic mass is 9.96. The summed E-state index contributed by atoms with van der Waals surface area (Å²) in [7, 11) is 1.86. The summed E-state index contributed by atoms with van der Waals surface area (Å²) in [5.41, 5.74) is 0. The summed E-state index contributed by atoms with van der Waals surface area (Å²) in [6.45, 7) is 4.54. The Labute approximate surface area is 110 Å². The minimum atomic E-state index is 0.710. The fraction of sp³-hybridized carbons (Fsp3) is 0.714. The SMILES string of the molecule is CCCC1CCCN(c2ccnc(NC)n2)CC1. The van der Waals surface area contributed by atoms with Crippen LogP contribution in [0, 0.1) is 5.92 Å². The summed E-state index contributed by atoms with van der Waals surface area (Å²) >= 11 is 0. The van der Waals surface area contributed by atoms with Crippen LogP contribution < -0.4 is 10.2 Å². The van der Waals surface area contributed by atoms with E-state index in [1.165, 1.54) is 32.1 Å². The first-order valence-electron chi connectivity index (χ1n) is 7.09.